The molecule has 1 fully saturated rings. The third-order valence-electron chi connectivity index (χ3n) is 2.38. The van der Waals surface area contributed by atoms with Crippen LogP contribution in [-0.4, -0.2) is 17.6 Å². The van der Waals surface area contributed by atoms with Crippen LogP contribution < -0.4 is 0 Å². The Labute approximate surface area is 59.0 Å². The highest BCUT2D eigenvalue weighted by Crippen LogP contribution is 2.58. The maximum atomic E-state index is 12.6. The topological polar surface area (TPSA) is 20.2 Å². The minimum Gasteiger partial charge on any atom is -0.396 e. The van der Waals surface area contributed by atoms with Crippen LogP contribution >= 0.6 is 0 Å². The van der Waals surface area contributed by atoms with Crippen LogP contribution in [0.1, 0.15) is 26.2 Å². The monoisotopic (exact) mass is 150 g/mol. The zero-order chi connectivity index (χ0) is 7.83. The number of hydrogen-bond donors (Lipinski definition) is 1. The molecule has 1 nitrogen and oxygen atoms in total. The van der Waals surface area contributed by atoms with E-state index >= 15 is 0 Å². The smallest absolute Gasteiger partial charge is 0.251 e. The lowest BCUT2D eigenvalue weighted by Gasteiger charge is -2.21. The second-order valence-corrected chi connectivity index (χ2v) is 3.14. The van der Waals surface area contributed by atoms with Crippen molar-refractivity contribution in [3.05, 3.63) is 0 Å². The maximum absolute atomic E-state index is 12.6. The Bertz CT molecular complexity index is 124. The molecule has 0 aromatic heterocycles. The number of rotatable bonds is 3. The van der Waals surface area contributed by atoms with Gasteiger partial charge >= 0.3 is 0 Å². The van der Waals surface area contributed by atoms with Gasteiger partial charge in [0, 0.05) is 12.0 Å². The normalized spacial score (nSPS) is 22.8. The molecule has 0 aliphatic heterocycles. The van der Waals surface area contributed by atoms with Gasteiger partial charge in [0.25, 0.3) is 5.92 Å². The van der Waals surface area contributed by atoms with Crippen molar-refractivity contribution in [2.75, 3.05) is 6.61 Å². The number of halogens is 2. The fourth-order valence-corrected chi connectivity index (χ4v) is 1.27. The first-order valence-corrected chi connectivity index (χ1v) is 3.50. The third-order valence-corrected chi connectivity index (χ3v) is 2.38. The minimum absolute atomic E-state index is 0.122. The van der Waals surface area contributed by atoms with Gasteiger partial charge in [-0.3, -0.25) is 0 Å². The van der Waals surface area contributed by atoms with Crippen molar-refractivity contribution < 1.29 is 13.9 Å². The Morgan fingerprint density at radius 2 is 2.00 bits per heavy atom. The van der Waals surface area contributed by atoms with Crippen molar-refractivity contribution in [1.82, 2.24) is 0 Å². The highest BCUT2D eigenvalue weighted by atomic mass is 19.3. The first-order chi connectivity index (χ1) is 4.52. The van der Waals surface area contributed by atoms with E-state index in [4.69, 9.17) is 5.11 Å². The summed E-state index contributed by atoms with van der Waals surface area (Å²) < 4.78 is 25.3. The van der Waals surface area contributed by atoms with E-state index in [1.165, 1.54) is 0 Å². The summed E-state index contributed by atoms with van der Waals surface area (Å²) >= 11 is 0. The van der Waals surface area contributed by atoms with Crippen LogP contribution in [0.15, 0.2) is 0 Å². The molecule has 0 atom stereocenters. The molecule has 0 amide bonds. The highest BCUT2D eigenvalue weighted by molar-refractivity contribution is 5.01. The summed E-state index contributed by atoms with van der Waals surface area (Å²) in [6.07, 6.45) is 1.38. The summed E-state index contributed by atoms with van der Waals surface area (Å²) in [6, 6.07) is 0. The van der Waals surface area contributed by atoms with Gasteiger partial charge in [-0.15, -0.1) is 0 Å². The molecule has 1 N–H and O–H groups in total. The first-order valence-electron chi connectivity index (χ1n) is 3.50. The minimum atomic E-state index is -2.60. The van der Waals surface area contributed by atoms with Crippen molar-refractivity contribution in [2.45, 2.75) is 32.1 Å². The van der Waals surface area contributed by atoms with Crippen LogP contribution in [0.2, 0.25) is 0 Å². The summed E-state index contributed by atoms with van der Waals surface area (Å²) in [4.78, 5) is 0. The van der Waals surface area contributed by atoms with E-state index in [9.17, 15) is 8.78 Å². The van der Waals surface area contributed by atoms with Gasteiger partial charge in [-0.2, -0.15) is 0 Å². The van der Waals surface area contributed by atoms with Crippen LogP contribution in [0, 0.1) is 5.41 Å². The Hall–Kier alpha value is -0.180. The van der Waals surface area contributed by atoms with Crippen LogP contribution in [0.25, 0.3) is 0 Å². The average molecular weight is 150 g/mol. The second kappa shape index (κ2) is 2.16. The van der Waals surface area contributed by atoms with E-state index < -0.39 is 11.3 Å². The lowest BCUT2D eigenvalue weighted by atomic mass is 9.96. The van der Waals surface area contributed by atoms with Gasteiger partial charge in [-0.1, -0.05) is 0 Å². The molecular formula is C7H12F2O. The molecule has 1 rings (SSSR count). The number of aliphatic hydroxyl groups excluding tert-OH is 1. The predicted molar refractivity (Wildman–Crippen MR) is 34.0 cm³/mol. The van der Waals surface area contributed by atoms with Crippen molar-refractivity contribution in [3.63, 3.8) is 0 Å². The van der Waals surface area contributed by atoms with Gasteiger partial charge in [-0.05, 0) is 26.2 Å². The molecule has 0 aromatic rings. The standard InChI is InChI=1S/C7H12F2O/c1-6(8,9)7(2-3-7)4-5-10/h10H,2-5H2,1H3. The van der Waals surface area contributed by atoms with Crippen LogP contribution in [0.4, 0.5) is 8.78 Å². The maximum Gasteiger partial charge on any atom is 0.251 e. The molecule has 0 heterocycles. The fraction of sp³-hybridized carbons (Fsp3) is 1.00. The summed E-state index contributed by atoms with van der Waals surface area (Å²) in [5, 5.41) is 8.47. The Morgan fingerprint density at radius 3 is 2.10 bits per heavy atom. The summed E-state index contributed by atoms with van der Waals surface area (Å²) in [6.45, 7) is 0.819. The van der Waals surface area contributed by atoms with Crippen molar-refractivity contribution in [3.8, 4) is 0 Å². The van der Waals surface area contributed by atoms with Gasteiger partial charge < -0.3 is 5.11 Å². The lowest BCUT2D eigenvalue weighted by Crippen LogP contribution is -2.26. The summed E-state index contributed by atoms with van der Waals surface area (Å²) in [5.41, 5.74) is -0.845. The van der Waals surface area contributed by atoms with E-state index in [-0.39, 0.29) is 13.0 Å². The highest BCUT2D eigenvalue weighted by Gasteiger charge is 2.57. The van der Waals surface area contributed by atoms with Crippen LogP contribution in [0.5, 0.6) is 0 Å². The molecule has 60 valence electrons. The molecule has 0 spiro atoms. The SMILES string of the molecule is CC(F)(F)C1(CCO)CC1. The molecule has 10 heavy (non-hydrogen) atoms. The van der Waals surface area contributed by atoms with Crippen LogP contribution in [-0.2, 0) is 0 Å². The lowest BCUT2D eigenvalue weighted by molar-refractivity contribution is -0.0628. The molecule has 0 radical (unpaired) electrons. The first kappa shape index (κ1) is 7.92. The predicted octanol–water partition coefficient (Wildman–Crippen LogP) is 1.80. The fourth-order valence-electron chi connectivity index (χ4n) is 1.27. The molecular weight excluding hydrogens is 138 g/mol. The quantitative estimate of drug-likeness (QED) is 0.650. The second-order valence-electron chi connectivity index (χ2n) is 3.14. The van der Waals surface area contributed by atoms with Gasteiger partial charge in [0.05, 0.1) is 0 Å². The molecule has 1 aliphatic rings. The Morgan fingerprint density at radius 1 is 1.50 bits per heavy atom. The van der Waals surface area contributed by atoms with E-state index in [0.29, 0.717) is 12.8 Å². The van der Waals surface area contributed by atoms with E-state index in [1.807, 2.05) is 0 Å². The van der Waals surface area contributed by atoms with Gasteiger partial charge in [0.15, 0.2) is 0 Å². The summed E-state index contributed by atoms with van der Waals surface area (Å²) in [7, 11) is 0. The molecule has 0 saturated heterocycles. The van der Waals surface area contributed by atoms with E-state index in [1.54, 1.807) is 0 Å². The largest absolute Gasteiger partial charge is 0.396 e. The van der Waals surface area contributed by atoms with Gasteiger partial charge in [0.2, 0.25) is 0 Å². The number of aliphatic hydroxyl groups is 1. The van der Waals surface area contributed by atoms with E-state index in [2.05, 4.69) is 0 Å². The number of alkyl halides is 2. The van der Waals surface area contributed by atoms with Crippen molar-refractivity contribution >= 4 is 0 Å². The Balaban J connectivity index is 2.52. The average Bonchev–Trinajstić information content (AvgIpc) is 2.45. The number of hydrogen-bond acceptors (Lipinski definition) is 1. The van der Waals surface area contributed by atoms with Gasteiger partial charge in [0.1, 0.15) is 0 Å². The zero-order valence-electron chi connectivity index (χ0n) is 6.03. The van der Waals surface area contributed by atoms with Crippen LogP contribution in [0.3, 0.4) is 0 Å². The zero-order valence-corrected chi connectivity index (χ0v) is 6.03. The molecule has 1 aliphatic carbocycles. The third kappa shape index (κ3) is 1.15. The summed E-state index contributed by atoms with van der Waals surface area (Å²) in [5.74, 6) is -2.60. The molecule has 0 unspecified atom stereocenters. The Kier molecular flexibility index (Phi) is 1.71. The van der Waals surface area contributed by atoms with Crippen molar-refractivity contribution in [2.24, 2.45) is 5.41 Å². The molecule has 1 saturated carbocycles. The van der Waals surface area contributed by atoms with Crippen molar-refractivity contribution in [1.29, 1.82) is 0 Å². The molecule has 3 heteroatoms. The molecule has 0 aromatic carbocycles. The molecule has 0 bridgehead atoms. The van der Waals surface area contributed by atoms with E-state index in [0.717, 1.165) is 6.92 Å². The van der Waals surface area contributed by atoms with Gasteiger partial charge in [-0.25, -0.2) is 8.78 Å².